The van der Waals surface area contributed by atoms with Gasteiger partial charge in [-0.25, -0.2) is 9.98 Å². The molecule has 2 N–H and O–H groups in total. The summed E-state index contributed by atoms with van der Waals surface area (Å²) in [5.41, 5.74) is 4.96. The lowest BCUT2D eigenvalue weighted by Gasteiger charge is -2.24. The number of amidine groups is 2. The first-order chi connectivity index (χ1) is 21.3. The van der Waals surface area contributed by atoms with Crippen LogP contribution in [0.4, 0.5) is 5.88 Å². The van der Waals surface area contributed by atoms with Crippen molar-refractivity contribution in [3.63, 3.8) is 0 Å². The van der Waals surface area contributed by atoms with Crippen LogP contribution in [-0.2, 0) is 0 Å². The van der Waals surface area contributed by atoms with E-state index < -0.39 is 6.17 Å². The van der Waals surface area contributed by atoms with Gasteiger partial charge in [0.15, 0.2) is 6.17 Å². The van der Waals surface area contributed by atoms with E-state index in [9.17, 15) is 0 Å². The fourth-order valence-corrected chi connectivity index (χ4v) is 6.57. The van der Waals surface area contributed by atoms with Crippen LogP contribution in [0.3, 0.4) is 0 Å². The Hall–Kier alpha value is -5.68. The molecule has 0 spiro atoms. The molecule has 204 valence electrons. The van der Waals surface area contributed by atoms with Gasteiger partial charge in [-0.2, -0.15) is 0 Å². The summed E-state index contributed by atoms with van der Waals surface area (Å²) in [5.74, 6) is 2.39. The predicted molar refractivity (Wildman–Crippen MR) is 178 cm³/mol. The highest BCUT2D eigenvalue weighted by Crippen LogP contribution is 2.40. The first-order valence-corrected chi connectivity index (χ1v) is 14.6. The van der Waals surface area contributed by atoms with Crippen molar-refractivity contribution in [1.29, 1.82) is 0 Å². The van der Waals surface area contributed by atoms with Gasteiger partial charge in [0, 0.05) is 39.6 Å². The van der Waals surface area contributed by atoms with Crippen LogP contribution in [0.2, 0.25) is 0 Å². The maximum atomic E-state index is 6.22. The molecule has 0 fully saturated rings. The minimum Gasteiger partial charge on any atom is -0.440 e. The minimum absolute atomic E-state index is 0.469. The van der Waals surface area contributed by atoms with Gasteiger partial charge in [0.2, 0.25) is 5.88 Å². The molecule has 2 aliphatic heterocycles. The van der Waals surface area contributed by atoms with E-state index in [-0.39, 0.29) is 0 Å². The van der Waals surface area contributed by atoms with Gasteiger partial charge in [-0.3, -0.25) is 0 Å². The molecular formula is C38H26N4O. The summed E-state index contributed by atoms with van der Waals surface area (Å²) >= 11 is 0. The van der Waals surface area contributed by atoms with Crippen LogP contribution in [0.25, 0.3) is 49.4 Å². The van der Waals surface area contributed by atoms with E-state index in [4.69, 9.17) is 14.4 Å². The molecule has 43 heavy (non-hydrogen) atoms. The standard InChI is InChI=1S/C38H26N4O/c1-2-11-24(12-3-1)35-40-36(29-16-8-18-32-34(29)30-17-9-21-39-38(30)43-32)42-37(41-35)31-22-25-13-5-6-14-26(25)28-20-19-23-10-4-7-15-27(23)33(28)31/h1-20,22,36,39H,21H2,(H,40,41,42). The Morgan fingerprint density at radius 3 is 2.35 bits per heavy atom. The smallest absolute Gasteiger partial charge is 0.201 e. The van der Waals surface area contributed by atoms with Gasteiger partial charge >= 0.3 is 0 Å². The van der Waals surface area contributed by atoms with Gasteiger partial charge in [0.1, 0.15) is 17.3 Å². The monoisotopic (exact) mass is 554 g/mol. The summed E-state index contributed by atoms with van der Waals surface area (Å²) < 4.78 is 6.22. The predicted octanol–water partition coefficient (Wildman–Crippen LogP) is 8.83. The molecule has 0 saturated heterocycles. The van der Waals surface area contributed by atoms with Crippen molar-refractivity contribution in [2.24, 2.45) is 9.98 Å². The van der Waals surface area contributed by atoms with Crippen LogP contribution in [0.1, 0.15) is 28.4 Å². The number of nitrogens with zero attached hydrogens (tertiary/aromatic N) is 2. The quantitative estimate of drug-likeness (QED) is 0.215. The SMILES string of the molecule is C1=Cc2c(oc3cccc(C4N=C(c5ccccc5)NC(c5cc6ccccc6c6ccc7ccccc7c56)=N4)c23)NC1. The number of hydrogen-bond donors (Lipinski definition) is 2. The highest BCUT2D eigenvalue weighted by atomic mass is 16.3. The highest BCUT2D eigenvalue weighted by Gasteiger charge is 2.27. The highest BCUT2D eigenvalue weighted by molar-refractivity contribution is 6.28. The third-order valence-corrected chi connectivity index (χ3v) is 8.52. The Kier molecular flexibility index (Phi) is 5.26. The van der Waals surface area contributed by atoms with Gasteiger partial charge in [-0.1, -0.05) is 115 Å². The molecule has 0 bridgehead atoms. The number of hydrogen-bond acceptors (Lipinski definition) is 5. The van der Waals surface area contributed by atoms with Crippen LogP contribution in [-0.4, -0.2) is 18.2 Å². The van der Waals surface area contributed by atoms with E-state index in [0.717, 1.165) is 57.3 Å². The molecular weight excluding hydrogens is 528 g/mol. The lowest BCUT2D eigenvalue weighted by molar-refractivity contribution is 0.627. The van der Waals surface area contributed by atoms with E-state index in [1.807, 2.05) is 30.3 Å². The summed E-state index contributed by atoms with van der Waals surface area (Å²) in [6, 6.07) is 40.4. The number of fused-ring (bicyclic) bond motifs is 8. The number of aliphatic imine (C=N–C) groups is 2. The van der Waals surface area contributed by atoms with E-state index >= 15 is 0 Å². The minimum atomic E-state index is -0.469. The summed E-state index contributed by atoms with van der Waals surface area (Å²) in [6.45, 7) is 0.747. The number of rotatable bonds is 3. The second kappa shape index (κ2) is 9.43. The van der Waals surface area contributed by atoms with Crippen molar-refractivity contribution in [2.75, 3.05) is 11.9 Å². The number of furan rings is 1. The van der Waals surface area contributed by atoms with Crippen LogP contribution >= 0.6 is 0 Å². The largest absolute Gasteiger partial charge is 0.440 e. The Morgan fingerprint density at radius 2 is 1.44 bits per heavy atom. The van der Waals surface area contributed by atoms with E-state index in [2.05, 4.69) is 108 Å². The average Bonchev–Trinajstić information content (AvgIpc) is 3.47. The molecule has 5 heteroatoms. The zero-order valence-corrected chi connectivity index (χ0v) is 23.2. The number of benzene rings is 6. The zero-order chi connectivity index (χ0) is 28.3. The lowest BCUT2D eigenvalue weighted by atomic mass is 9.92. The number of nitrogens with one attached hydrogen (secondary N) is 2. The molecule has 0 aliphatic carbocycles. The van der Waals surface area contributed by atoms with Gasteiger partial charge < -0.3 is 15.1 Å². The lowest BCUT2D eigenvalue weighted by Crippen LogP contribution is -2.36. The molecule has 9 rings (SSSR count). The summed E-state index contributed by atoms with van der Waals surface area (Å²) in [7, 11) is 0. The molecule has 2 aliphatic rings. The van der Waals surface area contributed by atoms with Gasteiger partial charge in [0.05, 0.1) is 0 Å². The maximum absolute atomic E-state index is 6.22. The Labute approximate surface area is 247 Å². The van der Waals surface area contributed by atoms with E-state index in [0.29, 0.717) is 0 Å². The van der Waals surface area contributed by atoms with Crippen molar-refractivity contribution in [3.8, 4) is 0 Å². The number of anilines is 1. The van der Waals surface area contributed by atoms with E-state index in [1.54, 1.807) is 0 Å². The van der Waals surface area contributed by atoms with Crippen molar-refractivity contribution < 1.29 is 4.42 Å². The fourth-order valence-electron chi connectivity index (χ4n) is 6.57. The third-order valence-electron chi connectivity index (χ3n) is 8.52. The average molecular weight is 555 g/mol. The summed E-state index contributed by atoms with van der Waals surface area (Å²) in [6.07, 6.45) is 3.79. The molecule has 6 aromatic carbocycles. The van der Waals surface area contributed by atoms with Gasteiger partial charge in [-0.05, 0) is 39.1 Å². The maximum Gasteiger partial charge on any atom is 0.201 e. The molecule has 1 aromatic heterocycles. The van der Waals surface area contributed by atoms with Gasteiger partial charge in [0.25, 0.3) is 0 Å². The molecule has 1 atom stereocenters. The fraction of sp³-hybridized carbons (Fsp3) is 0.0526. The Bertz CT molecular complexity index is 2330. The van der Waals surface area contributed by atoms with Crippen molar-refractivity contribution >= 4 is 66.9 Å². The van der Waals surface area contributed by atoms with Crippen molar-refractivity contribution in [3.05, 3.63) is 144 Å². The zero-order valence-electron chi connectivity index (χ0n) is 23.2. The molecule has 5 nitrogen and oxygen atoms in total. The van der Waals surface area contributed by atoms with Gasteiger partial charge in [-0.15, -0.1) is 0 Å². The van der Waals surface area contributed by atoms with Crippen LogP contribution in [0.5, 0.6) is 0 Å². The topological polar surface area (TPSA) is 61.9 Å². The first kappa shape index (κ1) is 24.0. The van der Waals surface area contributed by atoms with Crippen LogP contribution in [0, 0.1) is 0 Å². The molecule has 3 heterocycles. The molecule has 0 amide bonds. The van der Waals surface area contributed by atoms with Crippen molar-refractivity contribution in [1.82, 2.24) is 5.32 Å². The molecule has 0 radical (unpaired) electrons. The summed E-state index contributed by atoms with van der Waals surface area (Å²) in [4.78, 5) is 10.6. The third kappa shape index (κ3) is 3.78. The molecule has 7 aromatic rings. The Morgan fingerprint density at radius 1 is 0.651 bits per heavy atom. The van der Waals surface area contributed by atoms with Crippen LogP contribution in [0.15, 0.2) is 136 Å². The summed E-state index contributed by atoms with van der Waals surface area (Å²) in [5, 5.41) is 15.3. The Balaban J connectivity index is 1.34. The normalized spacial score (nSPS) is 16.1. The van der Waals surface area contributed by atoms with Crippen molar-refractivity contribution in [2.45, 2.75) is 6.17 Å². The van der Waals surface area contributed by atoms with E-state index in [1.165, 1.54) is 32.3 Å². The van der Waals surface area contributed by atoms with Crippen LogP contribution < -0.4 is 10.6 Å². The molecule has 0 saturated carbocycles. The second-order valence-corrected chi connectivity index (χ2v) is 11.0. The first-order valence-electron chi connectivity index (χ1n) is 14.6. The molecule has 1 unspecified atom stereocenters. The second-order valence-electron chi connectivity index (χ2n) is 11.0.